The van der Waals surface area contributed by atoms with Gasteiger partial charge in [-0.05, 0) is 22.3 Å². The number of carbonyl (C=O) groups excluding carboxylic acids is 1. The van der Waals surface area contributed by atoms with Crippen LogP contribution in [0.15, 0.2) is 54.0 Å². The quantitative estimate of drug-likeness (QED) is 0.610. The van der Waals surface area contributed by atoms with E-state index in [0.29, 0.717) is 4.88 Å². The SMILES string of the molecule is O=C(NC(Cc1scnc1Cl)C(=O)O)OCC1c2ccccc2-c2ccccc21. The Morgan fingerprint density at radius 1 is 1.14 bits per heavy atom. The first-order valence-corrected chi connectivity index (χ1v) is 10.2. The van der Waals surface area contributed by atoms with Crippen LogP contribution in [0.2, 0.25) is 5.15 Å². The van der Waals surface area contributed by atoms with Gasteiger partial charge in [-0.25, -0.2) is 14.6 Å². The van der Waals surface area contributed by atoms with Crippen LogP contribution in [-0.2, 0) is 16.0 Å². The Morgan fingerprint density at radius 3 is 2.31 bits per heavy atom. The molecule has 4 rings (SSSR count). The number of aromatic nitrogens is 1. The average molecular weight is 429 g/mol. The van der Waals surface area contributed by atoms with Gasteiger partial charge in [0.05, 0.1) is 5.51 Å². The molecule has 8 heteroatoms. The third-order valence-corrected chi connectivity index (χ3v) is 6.21. The van der Waals surface area contributed by atoms with Crippen molar-refractivity contribution in [2.45, 2.75) is 18.4 Å². The highest BCUT2D eigenvalue weighted by molar-refractivity contribution is 7.10. The van der Waals surface area contributed by atoms with Crippen LogP contribution < -0.4 is 5.32 Å². The lowest BCUT2D eigenvalue weighted by Crippen LogP contribution is -2.42. The predicted molar refractivity (Wildman–Crippen MR) is 110 cm³/mol. The number of hydrogen-bond acceptors (Lipinski definition) is 5. The molecule has 29 heavy (non-hydrogen) atoms. The van der Waals surface area contributed by atoms with E-state index in [1.54, 1.807) is 0 Å². The summed E-state index contributed by atoms with van der Waals surface area (Å²) < 4.78 is 5.41. The van der Waals surface area contributed by atoms with Gasteiger partial charge in [0.25, 0.3) is 0 Å². The highest BCUT2D eigenvalue weighted by Crippen LogP contribution is 2.44. The highest BCUT2D eigenvalue weighted by Gasteiger charge is 2.30. The number of fused-ring (bicyclic) bond motifs is 3. The molecule has 148 valence electrons. The number of alkyl carbamates (subject to hydrolysis) is 1. The molecule has 3 aromatic rings. The summed E-state index contributed by atoms with van der Waals surface area (Å²) in [5, 5.41) is 12.1. The van der Waals surface area contributed by atoms with Crippen molar-refractivity contribution >= 4 is 35.0 Å². The number of carboxylic acid groups (broad SMARTS) is 1. The van der Waals surface area contributed by atoms with Crippen LogP contribution in [0.4, 0.5) is 4.79 Å². The molecule has 0 aliphatic heterocycles. The number of carbonyl (C=O) groups is 2. The van der Waals surface area contributed by atoms with Crippen molar-refractivity contribution in [2.24, 2.45) is 0 Å². The summed E-state index contributed by atoms with van der Waals surface area (Å²) in [7, 11) is 0. The summed E-state index contributed by atoms with van der Waals surface area (Å²) in [6.45, 7) is 0.119. The van der Waals surface area contributed by atoms with E-state index in [4.69, 9.17) is 16.3 Å². The first-order chi connectivity index (χ1) is 14.0. The number of nitrogens with zero attached hydrogens (tertiary/aromatic N) is 1. The summed E-state index contributed by atoms with van der Waals surface area (Å²) in [5.74, 6) is -1.25. The van der Waals surface area contributed by atoms with Crippen molar-refractivity contribution in [3.8, 4) is 11.1 Å². The van der Waals surface area contributed by atoms with E-state index < -0.39 is 18.1 Å². The second-order valence-corrected chi connectivity index (χ2v) is 7.93. The van der Waals surface area contributed by atoms with Crippen molar-refractivity contribution < 1.29 is 19.4 Å². The Morgan fingerprint density at radius 2 is 1.76 bits per heavy atom. The Bertz CT molecular complexity index is 1020. The molecule has 1 aromatic heterocycles. The van der Waals surface area contributed by atoms with Gasteiger partial charge in [0, 0.05) is 17.2 Å². The fourth-order valence-corrected chi connectivity index (χ4v) is 4.57. The molecule has 0 saturated carbocycles. The van der Waals surface area contributed by atoms with Crippen LogP contribution >= 0.6 is 22.9 Å². The minimum absolute atomic E-state index is 0.0447. The molecule has 1 amide bonds. The summed E-state index contributed by atoms with van der Waals surface area (Å²) >= 11 is 7.17. The number of thiazole rings is 1. The number of amides is 1. The van der Waals surface area contributed by atoms with E-state index in [1.807, 2.05) is 48.5 Å². The minimum atomic E-state index is -1.16. The maximum atomic E-state index is 12.3. The van der Waals surface area contributed by atoms with Gasteiger partial charge in [-0.3, -0.25) is 0 Å². The van der Waals surface area contributed by atoms with Gasteiger partial charge in [-0.15, -0.1) is 11.3 Å². The second kappa shape index (κ2) is 8.23. The van der Waals surface area contributed by atoms with Gasteiger partial charge < -0.3 is 15.2 Å². The smallest absolute Gasteiger partial charge is 0.407 e. The van der Waals surface area contributed by atoms with Crippen LogP contribution in [0.3, 0.4) is 0 Å². The third-order valence-electron chi connectivity index (χ3n) is 4.91. The standard InChI is InChI=1S/C21H17ClN2O4S/c22-19-18(29-11-23-19)9-17(20(25)26)24-21(27)28-10-16-14-7-3-1-5-12(14)13-6-2-4-8-15(13)16/h1-8,11,16-17H,9-10H2,(H,24,27)(H,25,26). The van der Waals surface area contributed by atoms with Gasteiger partial charge in [-0.1, -0.05) is 60.1 Å². The van der Waals surface area contributed by atoms with Crippen LogP contribution in [-0.4, -0.2) is 34.8 Å². The first kappa shape index (κ1) is 19.4. The summed E-state index contributed by atoms with van der Waals surface area (Å²) in [4.78, 5) is 28.3. The molecular weight excluding hydrogens is 412 g/mol. The molecule has 2 N–H and O–H groups in total. The lowest BCUT2D eigenvalue weighted by Gasteiger charge is -2.17. The Hall–Kier alpha value is -2.90. The third kappa shape index (κ3) is 3.97. The number of carboxylic acids is 1. The summed E-state index contributed by atoms with van der Waals surface area (Å²) in [6.07, 6.45) is -0.733. The largest absolute Gasteiger partial charge is 0.480 e. The molecule has 0 bridgehead atoms. The van der Waals surface area contributed by atoms with Gasteiger partial charge in [-0.2, -0.15) is 0 Å². The fourth-order valence-electron chi connectivity index (χ4n) is 3.56. The minimum Gasteiger partial charge on any atom is -0.480 e. The molecule has 2 aromatic carbocycles. The molecule has 0 radical (unpaired) electrons. The number of rotatable bonds is 6. The van der Waals surface area contributed by atoms with Gasteiger partial charge in [0.1, 0.15) is 17.8 Å². The zero-order chi connectivity index (χ0) is 20.4. The van der Waals surface area contributed by atoms with E-state index in [2.05, 4.69) is 10.3 Å². The molecule has 6 nitrogen and oxygen atoms in total. The van der Waals surface area contributed by atoms with E-state index in [9.17, 15) is 14.7 Å². The predicted octanol–water partition coefficient (Wildman–Crippen LogP) is 4.33. The first-order valence-electron chi connectivity index (χ1n) is 8.96. The van der Waals surface area contributed by atoms with Crippen LogP contribution in [0.5, 0.6) is 0 Å². The van der Waals surface area contributed by atoms with Crippen LogP contribution in [0, 0.1) is 0 Å². The molecule has 0 fully saturated rings. The number of hydrogen-bond donors (Lipinski definition) is 2. The average Bonchev–Trinajstić information content (AvgIpc) is 3.27. The zero-order valence-electron chi connectivity index (χ0n) is 15.2. The number of aliphatic carboxylic acids is 1. The van der Waals surface area contributed by atoms with Crippen LogP contribution in [0.25, 0.3) is 11.1 Å². The normalized spacial score (nSPS) is 13.4. The van der Waals surface area contributed by atoms with Crippen molar-refractivity contribution in [2.75, 3.05) is 6.61 Å². The second-order valence-electron chi connectivity index (χ2n) is 6.63. The molecule has 0 spiro atoms. The maximum Gasteiger partial charge on any atom is 0.407 e. The fraction of sp³-hybridized carbons (Fsp3) is 0.190. The molecule has 1 unspecified atom stereocenters. The lowest BCUT2D eigenvalue weighted by molar-refractivity contribution is -0.139. The van der Waals surface area contributed by atoms with Crippen molar-refractivity contribution in [3.63, 3.8) is 0 Å². The monoisotopic (exact) mass is 428 g/mol. The van der Waals surface area contributed by atoms with Crippen molar-refractivity contribution in [1.82, 2.24) is 10.3 Å². The lowest BCUT2D eigenvalue weighted by atomic mass is 9.98. The molecule has 1 heterocycles. The van der Waals surface area contributed by atoms with E-state index in [-0.39, 0.29) is 24.1 Å². The number of ether oxygens (including phenoxy) is 1. The van der Waals surface area contributed by atoms with Gasteiger partial charge in [0.15, 0.2) is 0 Å². The van der Waals surface area contributed by atoms with Crippen LogP contribution in [0.1, 0.15) is 21.9 Å². The summed E-state index contributed by atoms with van der Waals surface area (Å²) in [6, 6.07) is 14.9. The van der Waals surface area contributed by atoms with E-state index in [1.165, 1.54) is 16.8 Å². The number of benzene rings is 2. The van der Waals surface area contributed by atoms with E-state index >= 15 is 0 Å². The Balaban J connectivity index is 1.44. The van der Waals surface area contributed by atoms with Crippen molar-refractivity contribution in [3.05, 3.63) is 75.2 Å². The van der Waals surface area contributed by atoms with Gasteiger partial charge >= 0.3 is 12.1 Å². The molecule has 1 atom stereocenters. The topological polar surface area (TPSA) is 88.5 Å². The molecule has 1 aliphatic rings. The van der Waals surface area contributed by atoms with Gasteiger partial charge in [0.2, 0.25) is 0 Å². The Kier molecular flexibility index (Phi) is 5.51. The number of halogens is 1. The van der Waals surface area contributed by atoms with E-state index in [0.717, 1.165) is 22.3 Å². The Labute approximate surface area is 176 Å². The zero-order valence-corrected chi connectivity index (χ0v) is 16.7. The summed E-state index contributed by atoms with van der Waals surface area (Å²) in [5.41, 5.74) is 5.96. The molecule has 1 aliphatic carbocycles. The molecular formula is C21H17ClN2O4S. The molecule has 0 saturated heterocycles. The maximum absolute atomic E-state index is 12.3. The number of nitrogens with one attached hydrogen (secondary N) is 1. The highest BCUT2D eigenvalue weighted by atomic mass is 35.5. The van der Waals surface area contributed by atoms with Crippen molar-refractivity contribution in [1.29, 1.82) is 0 Å².